The number of allylic oxidation sites excluding steroid dienone is 2. The second-order valence-electron chi connectivity index (χ2n) is 7.07. The van der Waals surface area contributed by atoms with Crippen LogP contribution in [0.25, 0.3) is 0 Å². The van der Waals surface area contributed by atoms with Crippen LogP contribution in [0, 0.1) is 5.92 Å². The average molecular weight is 356 g/mol. The first-order chi connectivity index (χ1) is 11.6. The quantitative estimate of drug-likeness (QED) is 0.720. The van der Waals surface area contributed by atoms with Gasteiger partial charge in [-0.3, -0.25) is 4.79 Å². The number of hydrogen-bond acceptors (Lipinski definition) is 3. The molecule has 1 atom stereocenters. The number of rotatable bonds is 4. The fourth-order valence-electron chi connectivity index (χ4n) is 3.85. The molecule has 2 heterocycles. The van der Waals surface area contributed by atoms with Crippen molar-refractivity contribution in [2.24, 2.45) is 5.92 Å². The van der Waals surface area contributed by atoms with E-state index in [1.54, 1.807) is 8.61 Å². The van der Waals surface area contributed by atoms with Crippen LogP contribution in [0.15, 0.2) is 12.2 Å². The van der Waals surface area contributed by atoms with E-state index >= 15 is 0 Å². The highest BCUT2D eigenvalue weighted by atomic mass is 32.2. The molecule has 0 N–H and O–H groups in total. The Hall–Kier alpha value is -0.920. The molecule has 0 aromatic rings. The van der Waals surface area contributed by atoms with Gasteiger partial charge in [0.1, 0.15) is 0 Å². The van der Waals surface area contributed by atoms with Gasteiger partial charge in [-0.2, -0.15) is 17.0 Å². The van der Waals surface area contributed by atoms with Crippen LogP contribution in [0.1, 0.15) is 44.9 Å². The second-order valence-corrected chi connectivity index (χ2v) is 9.00. The SMILES string of the molecule is O=C(C[C@@H]1C=CCC1)N1CCCN(S(=O)(=O)N2CCCCC2)CC1. The second kappa shape index (κ2) is 7.97. The van der Waals surface area contributed by atoms with Crippen molar-refractivity contribution in [3.8, 4) is 0 Å². The van der Waals surface area contributed by atoms with E-state index < -0.39 is 10.2 Å². The summed E-state index contributed by atoms with van der Waals surface area (Å²) in [6.07, 6.45) is 10.7. The summed E-state index contributed by atoms with van der Waals surface area (Å²) < 4.78 is 28.8. The van der Waals surface area contributed by atoms with E-state index in [4.69, 9.17) is 0 Å². The van der Waals surface area contributed by atoms with E-state index in [1.807, 2.05) is 4.90 Å². The maximum atomic E-state index is 12.8. The van der Waals surface area contributed by atoms with E-state index in [-0.39, 0.29) is 5.91 Å². The van der Waals surface area contributed by atoms with Gasteiger partial charge in [0.2, 0.25) is 5.91 Å². The Morgan fingerprint density at radius 2 is 1.62 bits per heavy atom. The van der Waals surface area contributed by atoms with E-state index in [1.165, 1.54) is 0 Å². The maximum Gasteiger partial charge on any atom is 0.282 e. The Kier molecular flexibility index (Phi) is 5.94. The predicted molar refractivity (Wildman–Crippen MR) is 93.6 cm³/mol. The molecule has 7 heteroatoms. The summed E-state index contributed by atoms with van der Waals surface area (Å²) in [6, 6.07) is 0. The van der Waals surface area contributed by atoms with Gasteiger partial charge in [-0.1, -0.05) is 18.6 Å². The fourth-order valence-corrected chi connectivity index (χ4v) is 5.57. The lowest BCUT2D eigenvalue weighted by molar-refractivity contribution is -0.131. The third kappa shape index (κ3) is 4.18. The molecule has 0 aromatic carbocycles. The highest BCUT2D eigenvalue weighted by Gasteiger charge is 2.32. The molecule has 0 saturated carbocycles. The molecule has 2 saturated heterocycles. The summed E-state index contributed by atoms with van der Waals surface area (Å²) in [5.74, 6) is 0.540. The van der Waals surface area contributed by atoms with Gasteiger partial charge >= 0.3 is 0 Å². The summed E-state index contributed by atoms with van der Waals surface area (Å²) in [4.78, 5) is 14.3. The van der Waals surface area contributed by atoms with Gasteiger partial charge in [-0.05, 0) is 38.0 Å². The van der Waals surface area contributed by atoms with Crippen molar-refractivity contribution in [3.63, 3.8) is 0 Å². The van der Waals surface area contributed by atoms with Gasteiger partial charge in [0.15, 0.2) is 0 Å². The van der Waals surface area contributed by atoms with Crippen LogP contribution in [-0.4, -0.2) is 67.1 Å². The topological polar surface area (TPSA) is 60.9 Å². The van der Waals surface area contributed by atoms with Crippen LogP contribution in [0.4, 0.5) is 0 Å². The van der Waals surface area contributed by atoms with Gasteiger partial charge in [-0.25, -0.2) is 0 Å². The molecule has 0 radical (unpaired) electrons. The Morgan fingerprint density at radius 3 is 2.33 bits per heavy atom. The van der Waals surface area contributed by atoms with Crippen molar-refractivity contribution in [1.82, 2.24) is 13.5 Å². The number of piperidine rings is 1. The third-order valence-corrected chi connectivity index (χ3v) is 7.36. The van der Waals surface area contributed by atoms with Crippen molar-refractivity contribution in [2.45, 2.75) is 44.9 Å². The molecule has 24 heavy (non-hydrogen) atoms. The predicted octanol–water partition coefficient (Wildman–Crippen LogP) is 1.61. The maximum absolute atomic E-state index is 12.8. The van der Waals surface area contributed by atoms with Crippen LogP contribution >= 0.6 is 0 Å². The van der Waals surface area contributed by atoms with Crippen LogP contribution in [0.3, 0.4) is 0 Å². The number of carbonyl (C=O) groups excluding carboxylic acids is 1. The molecule has 2 aliphatic heterocycles. The third-order valence-electron chi connectivity index (χ3n) is 5.32. The molecule has 3 rings (SSSR count). The van der Waals surface area contributed by atoms with E-state index in [2.05, 4.69) is 12.2 Å². The van der Waals surface area contributed by atoms with Gasteiger partial charge in [-0.15, -0.1) is 0 Å². The smallest absolute Gasteiger partial charge is 0.282 e. The van der Waals surface area contributed by atoms with Crippen molar-refractivity contribution >= 4 is 16.1 Å². The van der Waals surface area contributed by atoms with Crippen molar-refractivity contribution in [2.75, 3.05) is 39.3 Å². The number of amides is 1. The first-order valence-corrected chi connectivity index (χ1v) is 10.7. The molecule has 0 spiro atoms. The Balaban J connectivity index is 1.56. The minimum absolute atomic E-state index is 0.170. The molecule has 3 aliphatic rings. The van der Waals surface area contributed by atoms with Gasteiger partial charge < -0.3 is 4.90 Å². The van der Waals surface area contributed by atoms with E-state index in [0.717, 1.165) is 38.5 Å². The largest absolute Gasteiger partial charge is 0.341 e. The summed E-state index contributed by atoms with van der Waals surface area (Å²) in [6.45, 7) is 3.39. The zero-order chi connectivity index (χ0) is 17.0. The van der Waals surface area contributed by atoms with Gasteiger partial charge in [0, 0.05) is 45.7 Å². The van der Waals surface area contributed by atoms with Crippen LogP contribution in [0.5, 0.6) is 0 Å². The highest BCUT2D eigenvalue weighted by Crippen LogP contribution is 2.22. The average Bonchev–Trinajstić information content (AvgIpc) is 2.96. The molecule has 6 nitrogen and oxygen atoms in total. The molecular formula is C17H29N3O3S. The zero-order valence-corrected chi connectivity index (χ0v) is 15.2. The minimum Gasteiger partial charge on any atom is -0.341 e. The lowest BCUT2D eigenvalue weighted by Gasteiger charge is -2.31. The molecule has 136 valence electrons. The van der Waals surface area contributed by atoms with E-state index in [0.29, 0.717) is 51.6 Å². The van der Waals surface area contributed by atoms with Gasteiger partial charge in [0.05, 0.1) is 0 Å². The summed E-state index contributed by atoms with van der Waals surface area (Å²) in [7, 11) is -3.36. The molecule has 0 bridgehead atoms. The van der Waals surface area contributed by atoms with Crippen LogP contribution < -0.4 is 0 Å². The Bertz CT molecular complexity index is 570. The molecule has 0 aromatic heterocycles. The number of carbonyl (C=O) groups is 1. The Morgan fingerprint density at radius 1 is 0.917 bits per heavy atom. The first kappa shape index (κ1) is 17.9. The number of nitrogens with zero attached hydrogens (tertiary/aromatic N) is 3. The monoisotopic (exact) mass is 355 g/mol. The molecular weight excluding hydrogens is 326 g/mol. The Labute approximate surface area is 145 Å². The fraction of sp³-hybridized carbons (Fsp3) is 0.824. The van der Waals surface area contributed by atoms with Crippen LogP contribution in [0.2, 0.25) is 0 Å². The van der Waals surface area contributed by atoms with E-state index in [9.17, 15) is 13.2 Å². The highest BCUT2D eigenvalue weighted by molar-refractivity contribution is 7.86. The lowest BCUT2D eigenvalue weighted by Crippen LogP contribution is -2.47. The van der Waals surface area contributed by atoms with Crippen molar-refractivity contribution in [1.29, 1.82) is 0 Å². The zero-order valence-electron chi connectivity index (χ0n) is 14.4. The first-order valence-electron chi connectivity index (χ1n) is 9.27. The van der Waals surface area contributed by atoms with Crippen molar-refractivity contribution in [3.05, 3.63) is 12.2 Å². The normalized spacial score (nSPS) is 27.3. The van der Waals surface area contributed by atoms with Gasteiger partial charge in [0.25, 0.3) is 10.2 Å². The molecule has 1 amide bonds. The molecule has 0 unspecified atom stereocenters. The minimum atomic E-state index is -3.36. The summed E-state index contributed by atoms with van der Waals surface area (Å²) >= 11 is 0. The standard InChI is InChI=1S/C17H29N3O3S/c21-17(15-16-7-2-3-8-16)18-9-6-12-20(14-13-18)24(22,23)19-10-4-1-5-11-19/h2,7,16H,1,3-6,8-15H2/t16-/m1/s1. The summed E-state index contributed by atoms with van der Waals surface area (Å²) in [5.41, 5.74) is 0. The van der Waals surface area contributed by atoms with Crippen LogP contribution in [-0.2, 0) is 15.0 Å². The molecule has 1 aliphatic carbocycles. The number of hydrogen-bond donors (Lipinski definition) is 0. The lowest BCUT2D eigenvalue weighted by atomic mass is 10.0. The summed E-state index contributed by atoms with van der Waals surface area (Å²) in [5, 5.41) is 0. The molecule has 2 fully saturated rings. The van der Waals surface area contributed by atoms with Crippen molar-refractivity contribution < 1.29 is 13.2 Å².